The fraction of sp³-hybridized carbons (Fsp3) is 0.250. The molecule has 0 fully saturated rings. The number of para-hydroxylation sites is 1. The van der Waals surface area contributed by atoms with E-state index in [9.17, 15) is 9.59 Å². The van der Waals surface area contributed by atoms with Gasteiger partial charge in [-0.25, -0.2) is 9.59 Å². The second kappa shape index (κ2) is 10.1. The van der Waals surface area contributed by atoms with Crippen molar-refractivity contribution in [2.45, 2.75) is 24.9 Å². The molecule has 184 valence electrons. The highest BCUT2D eigenvalue weighted by Gasteiger charge is 2.44. The molecule has 36 heavy (non-hydrogen) atoms. The van der Waals surface area contributed by atoms with Crippen molar-refractivity contribution in [1.82, 2.24) is 20.2 Å². The van der Waals surface area contributed by atoms with Gasteiger partial charge in [0.15, 0.2) is 0 Å². The summed E-state index contributed by atoms with van der Waals surface area (Å²) in [7, 11) is 2.96. The Balaban J connectivity index is 1.56. The number of aromatic nitrogens is 2. The van der Waals surface area contributed by atoms with Crippen molar-refractivity contribution >= 4 is 22.9 Å². The molecule has 2 N–H and O–H groups in total. The topological polar surface area (TPSA) is 96.6 Å². The predicted molar refractivity (Wildman–Crippen MR) is 136 cm³/mol. The van der Waals surface area contributed by atoms with Crippen molar-refractivity contribution in [3.05, 3.63) is 95.4 Å². The number of pyridine rings is 1. The minimum absolute atomic E-state index is 0.341. The molecule has 3 heterocycles. The van der Waals surface area contributed by atoms with Crippen LogP contribution in [0.25, 0.3) is 10.9 Å². The number of fused-ring (bicyclic) bond motifs is 3. The lowest BCUT2D eigenvalue weighted by molar-refractivity contribution is -0.146. The summed E-state index contributed by atoms with van der Waals surface area (Å²) >= 11 is 0. The molecule has 2 aromatic heterocycles. The molecule has 2 amide bonds. The van der Waals surface area contributed by atoms with E-state index in [-0.39, 0.29) is 6.03 Å². The molecule has 1 aliphatic rings. The van der Waals surface area contributed by atoms with Gasteiger partial charge in [-0.15, -0.1) is 0 Å². The van der Waals surface area contributed by atoms with E-state index in [1.165, 1.54) is 7.11 Å². The van der Waals surface area contributed by atoms with Crippen LogP contribution in [0.5, 0.6) is 5.75 Å². The summed E-state index contributed by atoms with van der Waals surface area (Å²) < 4.78 is 10.5. The molecule has 8 nitrogen and oxygen atoms in total. The Morgan fingerprint density at radius 2 is 1.83 bits per heavy atom. The van der Waals surface area contributed by atoms with Gasteiger partial charge in [0.1, 0.15) is 17.8 Å². The largest absolute Gasteiger partial charge is 0.497 e. The van der Waals surface area contributed by atoms with E-state index in [1.807, 2.05) is 66.7 Å². The maximum atomic E-state index is 13.7. The minimum atomic E-state index is -0.788. The highest BCUT2D eigenvalue weighted by Crippen LogP contribution is 2.41. The molecule has 1 aliphatic heterocycles. The van der Waals surface area contributed by atoms with Gasteiger partial charge in [-0.1, -0.05) is 36.4 Å². The Hall–Kier alpha value is -4.33. The maximum Gasteiger partial charge on any atom is 0.329 e. The summed E-state index contributed by atoms with van der Waals surface area (Å²) in [5, 5.41) is 4.03. The Morgan fingerprint density at radius 1 is 1.06 bits per heavy atom. The number of nitrogens with zero attached hydrogens (tertiary/aromatic N) is 2. The second-order valence-electron chi connectivity index (χ2n) is 8.69. The average Bonchev–Trinajstić information content (AvgIpc) is 3.30. The predicted octanol–water partition coefficient (Wildman–Crippen LogP) is 4.01. The van der Waals surface area contributed by atoms with Crippen LogP contribution in [-0.2, 0) is 22.4 Å². The maximum absolute atomic E-state index is 13.7. The first-order valence-electron chi connectivity index (χ1n) is 11.9. The van der Waals surface area contributed by atoms with Crippen LogP contribution in [0.1, 0.15) is 28.6 Å². The van der Waals surface area contributed by atoms with E-state index >= 15 is 0 Å². The first-order valence-corrected chi connectivity index (χ1v) is 11.9. The van der Waals surface area contributed by atoms with E-state index in [2.05, 4.69) is 15.3 Å². The number of rotatable bonds is 6. The molecular weight excluding hydrogens is 456 g/mol. The quantitative estimate of drug-likeness (QED) is 0.403. The number of hydrogen-bond acceptors (Lipinski definition) is 5. The van der Waals surface area contributed by atoms with Gasteiger partial charge in [-0.05, 0) is 41.5 Å². The SMILES string of the molecule is COC(=O)[C@H]1Cc2c([nH]c3ccccc23)[C@H](c2ccc(OC)cc2)N1C(=O)NCCc1ccccn1. The Bertz CT molecular complexity index is 1370. The number of hydrogen-bond donors (Lipinski definition) is 2. The summed E-state index contributed by atoms with van der Waals surface area (Å²) in [6, 6.07) is 19.6. The van der Waals surface area contributed by atoms with E-state index in [1.54, 1.807) is 18.2 Å². The summed E-state index contributed by atoms with van der Waals surface area (Å²) in [6.45, 7) is 0.384. The third-order valence-electron chi connectivity index (χ3n) is 6.65. The summed E-state index contributed by atoms with van der Waals surface area (Å²) in [4.78, 5) is 36.2. The number of nitrogens with one attached hydrogen (secondary N) is 2. The van der Waals surface area contributed by atoms with E-state index in [0.29, 0.717) is 25.1 Å². The summed E-state index contributed by atoms with van der Waals surface area (Å²) in [5.74, 6) is 0.256. The van der Waals surface area contributed by atoms with Gasteiger partial charge in [0, 0.05) is 47.9 Å². The number of amides is 2. The fourth-order valence-electron chi connectivity index (χ4n) is 4.92. The third kappa shape index (κ3) is 4.37. The second-order valence-corrected chi connectivity index (χ2v) is 8.69. The Labute approximate surface area is 209 Å². The number of H-pyrrole nitrogens is 1. The number of urea groups is 1. The first-order chi connectivity index (χ1) is 17.6. The molecule has 8 heteroatoms. The molecule has 0 radical (unpaired) electrons. The molecule has 0 saturated carbocycles. The van der Waals surface area contributed by atoms with Crippen molar-refractivity contribution < 1.29 is 19.1 Å². The number of carbonyl (C=O) groups is 2. The molecular formula is C28H28N4O4. The van der Waals surface area contributed by atoms with Crippen molar-refractivity contribution in [3.63, 3.8) is 0 Å². The summed E-state index contributed by atoms with van der Waals surface area (Å²) in [6.07, 6.45) is 2.66. The smallest absolute Gasteiger partial charge is 0.329 e. The van der Waals surface area contributed by atoms with Gasteiger partial charge >= 0.3 is 12.0 Å². The van der Waals surface area contributed by atoms with Gasteiger partial charge < -0.3 is 19.8 Å². The lowest BCUT2D eigenvalue weighted by Crippen LogP contribution is -2.55. The zero-order valence-corrected chi connectivity index (χ0v) is 20.2. The number of esters is 1. The molecule has 2 aromatic carbocycles. The normalized spacial score (nSPS) is 16.9. The summed E-state index contributed by atoms with van der Waals surface area (Å²) in [5.41, 5.74) is 4.60. The van der Waals surface area contributed by atoms with E-state index < -0.39 is 18.1 Å². The van der Waals surface area contributed by atoms with E-state index in [4.69, 9.17) is 9.47 Å². The fourth-order valence-corrected chi connectivity index (χ4v) is 4.92. The third-order valence-corrected chi connectivity index (χ3v) is 6.65. The van der Waals surface area contributed by atoms with Crippen molar-refractivity contribution in [1.29, 1.82) is 0 Å². The number of ether oxygens (including phenoxy) is 2. The average molecular weight is 485 g/mol. The molecule has 0 saturated heterocycles. The van der Waals surface area contributed by atoms with Crippen LogP contribution < -0.4 is 10.1 Å². The molecule has 4 aromatic rings. The highest BCUT2D eigenvalue weighted by molar-refractivity contribution is 5.90. The Kier molecular flexibility index (Phi) is 6.58. The number of benzene rings is 2. The number of carbonyl (C=O) groups excluding carboxylic acids is 2. The Morgan fingerprint density at radius 3 is 2.56 bits per heavy atom. The van der Waals surface area contributed by atoms with Gasteiger partial charge in [-0.3, -0.25) is 9.88 Å². The van der Waals surface area contributed by atoms with Gasteiger partial charge in [0.25, 0.3) is 0 Å². The van der Waals surface area contributed by atoms with Crippen molar-refractivity contribution in [2.75, 3.05) is 20.8 Å². The molecule has 0 unspecified atom stereocenters. The standard InChI is InChI=1S/C28H28N4O4/c1-35-20-12-10-18(11-13-20)26-25-22(21-8-3-4-9-23(21)31-25)17-24(27(33)36-2)32(26)28(34)30-16-14-19-7-5-6-15-29-19/h3-13,15,24,26,31H,14,16-17H2,1-2H3,(H,30,34)/t24-,26+/m1/s1. The van der Waals surface area contributed by atoms with Crippen molar-refractivity contribution in [2.24, 2.45) is 0 Å². The van der Waals surface area contributed by atoms with Gasteiger partial charge in [-0.2, -0.15) is 0 Å². The van der Waals surface area contributed by atoms with Gasteiger partial charge in [0.05, 0.1) is 14.2 Å². The van der Waals surface area contributed by atoms with Crippen LogP contribution >= 0.6 is 0 Å². The van der Waals surface area contributed by atoms with Crippen LogP contribution in [0.3, 0.4) is 0 Å². The van der Waals surface area contributed by atoms with Crippen LogP contribution in [0.4, 0.5) is 4.79 Å². The number of methoxy groups -OCH3 is 2. The van der Waals surface area contributed by atoms with Crippen LogP contribution in [-0.4, -0.2) is 53.7 Å². The first kappa shape index (κ1) is 23.4. The molecule has 0 bridgehead atoms. The monoisotopic (exact) mass is 484 g/mol. The molecule has 2 atom stereocenters. The van der Waals surface area contributed by atoms with Crippen LogP contribution in [0.15, 0.2) is 72.9 Å². The number of aromatic amines is 1. The van der Waals surface area contributed by atoms with Gasteiger partial charge in [0.2, 0.25) is 0 Å². The zero-order chi connectivity index (χ0) is 25.1. The van der Waals surface area contributed by atoms with Crippen LogP contribution in [0.2, 0.25) is 0 Å². The van der Waals surface area contributed by atoms with Crippen molar-refractivity contribution in [3.8, 4) is 5.75 Å². The lowest BCUT2D eigenvalue weighted by atomic mass is 9.88. The minimum Gasteiger partial charge on any atom is -0.497 e. The zero-order valence-electron chi connectivity index (χ0n) is 20.2. The van der Waals surface area contributed by atoms with Crippen LogP contribution in [0, 0.1) is 0 Å². The highest BCUT2D eigenvalue weighted by atomic mass is 16.5. The lowest BCUT2D eigenvalue weighted by Gasteiger charge is -2.40. The van der Waals surface area contributed by atoms with E-state index in [0.717, 1.165) is 33.4 Å². The molecule has 0 spiro atoms. The molecule has 5 rings (SSSR count). The molecule has 0 aliphatic carbocycles.